The van der Waals surface area contributed by atoms with Crippen LogP contribution in [0, 0.1) is 0 Å². The second-order valence-electron chi connectivity index (χ2n) is 6.87. The van der Waals surface area contributed by atoms with Gasteiger partial charge in [0.2, 0.25) is 11.8 Å². The maximum absolute atomic E-state index is 12.9. The van der Waals surface area contributed by atoms with Crippen LogP contribution < -0.4 is 10.6 Å². The minimum atomic E-state index is -1.04. The minimum absolute atomic E-state index is 0.123. The van der Waals surface area contributed by atoms with E-state index in [0.717, 1.165) is 11.1 Å². The molecule has 0 bridgehead atoms. The van der Waals surface area contributed by atoms with Crippen molar-refractivity contribution in [3.05, 3.63) is 108 Å². The monoisotopic (exact) mass is 414 g/mol. The van der Waals surface area contributed by atoms with Gasteiger partial charge in [-0.25, -0.2) is 4.79 Å². The smallest absolute Gasteiger partial charge is 0.335 e. The van der Waals surface area contributed by atoms with Gasteiger partial charge in [0.05, 0.1) is 5.56 Å². The number of amides is 2. The Kier molecular flexibility index (Phi) is 7.32. The Labute approximate surface area is 180 Å². The molecule has 0 spiro atoms. The highest BCUT2D eigenvalue weighted by Gasteiger charge is 2.21. The van der Waals surface area contributed by atoms with Crippen LogP contribution in [0.15, 0.2) is 91.0 Å². The van der Waals surface area contributed by atoms with E-state index in [4.69, 9.17) is 5.11 Å². The highest BCUT2D eigenvalue weighted by Crippen LogP contribution is 2.12. The van der Waals surface area contributed by atoms with Gasteiger partial charge < -0.3 is 15.7 Å². The van der Waals surface area contributed by atoms with Crippen molar-refractivity contribution in [3.63, 3.8) is 0 Å². The molecule has 156 valence electrons. The van der Waals surface area contributed by atoms with Crippen molar-refractivity contribution in [1.82, 2.24) is 5.32 Å². The first-order chi connectivity index (χ1) is 15.0. The maximum atomic E-state index is 12.9. The molecule has 6 nitrogen and oxygen atoms in total. The van der Waals surface area contributed by atoms with Gasteiger partial charge in [-0.2, -0.15) is 0 Å². The quantitative estimate of drug-likeness (QED) is 0.489. The molecule has 3 N–H and O–H groups in total. The van der Waals surface area contributed by atoms with Crippen LogP contribution >= 0.6 is 0 Å². The molecule has 0 aliphatic carbocycles. The van der Waals surface area contributed by atoms with Gasteiger partial charge >= 0.3 is 5.97 Å². The van der Waals surface area contributed by atoms with E-state index in [0.29, 0.717) is 12.1 Å². The number of carbonyl (C=O) groups excluding carboxylic acids is 2. The summed E-state index contributed by atoms with van der Waals surface area (Å²) in [4.78, 5) is 36.3. The number of carboxylic acids is 1. The molecule has 1 atom stereocenters. The van der Waals surface area contributed by atoms with Gasteiger partial charge in [0.1, 0.15) is 6.04 Å². The van der Waals surface area contributed by atoms with Gasteiger partial charge in [0, 0.05) is 18.2 Å². The van der Waals surface area contributed by atoms with Crippen LogP contribution in [0.2, 0.25) is 0 Å². The van der Waals surface area contributed by atoms with Crippen LogP contribution in [-0.2, 0) is 16.0 Å². The fourth-order valence-corrected chi connectivity index (χ4v) is 2.94. The van der Waals surface area contributed by atoms with Crippen LogP contribution in [0.5, 0.6) is 0 Å². The summed E-state index contributed by atoms with van der Waals surface area (Å²) in [7, 11) is 0. The normalized spacial score (nSPS) is 11.6. The SMILES string of the molecule is O=C(C=Cc1ccccc1)NC(Cc1ccccc1)C(=O)Nc1ccc(C(=O)O)cc1. The van der Waals surface area contributed by atoms with E-state index < -0.39 is 17.9 Å². The highest BCUT2D eigenvalue weighted by atomic mass is 16.4. The minimum Gasteiger partial charge on any atom is -0.478 e. The molecule has 0 fully saturated rings. The van der Waals surface area contributed by atoms with Crippen LogP contribution in [0.4, 0.5) is 5.69 Å². The largest absolute Gasteiger partial charge is 0.478 e. The molecular formula is C25H22N2O4. The molecule has 0 heterocycles. The third-order valence-electron chi connectivity index (χ3n) is 4.54. The summed E-state index contributed by atoms with van der Waals surface area (Å²) in [6, 6.07) is 23.8. The van der Waals surface area contributed by atoms with Gasteiger partial charge in [-0.05, 0) is 41.5 Å². The second kappa shape index (κ2) is 10.5. The second-order valence-corrected chi connectivity index (χ2v) is 6.87. The van der Waals surface area contributed by atoms with Gasteiger partial charge in [-0.1, -0.05) is 60.7 Å². The van der Waals surface area contributed by atoms with Crippen molar-refractivity contribution in [3.8, 4) is 0 Å². The van der Waals surface area contributed by atoms with Crippen molar-refractivity contribution in [2.45, 2.75) is 12.5 Å². The summed E-state index contributed by atoms with van der Waals surface area (Å²) >= 11 is 0. The lowest BCUT2D eigenvalue weighted by molar-refractivity contribution is -0.123. The summed E-state index contributed by atoms with van der Waals surface area (Å²) in [6.07, 6.45) is 3.38. The molecule has 2 amide bonds. The van der Waals surface area contributed by atoms with E-state index in [-0.39, 0.29) is 11.5 Å². The number of anilines is 1. The third kappa shape index (κ3) is 6.68. The molecule has 3 aromatic carbocycles. The lowest BCUT2D eigenvalue weighted by atomic mass is 10.0. The Bertz CT molecular complexity index is 1060. The Morgan fingerprint density at radius 1 is 0.839 bits per heavy atom. The topological polar surface area (TPSA) is 95.5 Å². The van der Waals surface area contributed by atoms with Crippen molar-refractivity contribution < 1.29 is 19.5 Å². The van der Waals surface area contributed by atoms with Crippen molar-refractivity contribution in [1.29, 1.82) is 0 Å². The number of aromatic carboxylic acids is 1. The molecule has 1 unspecified atom stereocenters. The number of rotatable bonds is 8. The average molecular weight is 414 g/mol. The molecule has 3 aromatic rings. The number of hydrogen-bond donors (Lipinski definition) is 3. The number of carbonyl (C=O) groups is 3. The highest BCUT2D eigenvalue weighted by molar-refractivity contribution is 6.00. The molecule has 0 saturated heterocycles. The zero-order valence-corrected chi connectivity index (χ0v) is 16.7. The van der Waals surface area contributed by atoms with Crippen LogP contribution in [0.3, 0.4) is 0 Å². The summed E-state index contributed by atoms with van der Waals surface area (Å²) in [6.45, 7) is 0. The number of benzene rings is 3. The molecule has 0 saturated carbocycles. The molecule has 3 rings (SSSR count). The van der Waals surface area contributed by atoms with Crippen molar-refractivity contribution >= 4 is 29.5 Å². The maximum Gasteiger partial charge on any atom is 0.335 e. The zero-order valence-electron chi connectivity index (χ0n) is 16.7. The first-order valence-electron chi connectivity index (χ1n) is 9.73. The molecular weight excluding hydrogens is 392 g/mol. The first kappa shape index (κ1) is 21.5. The van der Waals surface area contributed by atoms with Gasteiger partial charge in [-0.3, -0.25) is 9.59 Å². The molecule has 6 heteroatoms. The third-order valence-corrected chi connectivity index (χ3v) is 4.54. The zero-order chi connectivity index (χ0) is 22.1. The number of carboxylic acid groups (broad SMARTS) is 1. The average Bonchev–Trinajstić information content (AvgIpc) is 2.79. The Morgan fingerprint density at radius 3 is 2.06 bits per heavy atom. The van der Waals surface area contributed by atoms with E-state index in [9.17, 15) is 14.4 Å². The van der Waals surface area contributed by atoms with Crippen molar-refractivity contribution in [2.24, 2.45) is 0 Å². The predicted octanol–water partition coefficient (Wildman–Crippen LogP) is 3.76. The van der Waals surface area contributed by atoms with Crippen LogP contribution in [0.25, 0.3) is 6.08 Å². The molecule has 0 aliphatic rings. The summed E-state index contributed by atoms with van der Waals surface area (Å²) in [5, 5.41) is 14.5. The number of hydrogen-bond acceptors (Lipinski definition) is 3. The summed E-state index contributed by atoms with van der Waals surface area (Å²) in [5.74, 6) is -1.83. The Balaban J connectivity index is 1.72. The predicted molar refractivity (Wildman–Crippen MR) is 120 cm³/mol. The molecule has 0 aromatic heterocycles. The molecule has 0 radical (unpaired) electrons. The van der Waals surface area contributed by atoms with E-state index >= 15 is 0 Å². The summed E-state index contributed by atoms with van der Waals surface area (Å²) < 4.78 is 0. The van der Waals surface area contributed by atoms with Gasteiger partial charge in [0.15, 0.2) is 0 Å². The first-order valence-corrected chi connectivity index (χ1v) is 9.73. The van der Waals surface area contributed by atoms with Gasteiger partial charge in [0.25, 0.3) is 0 Å². The van der Waals surface area contributed by atoms with E-state index in [1.54, 1.807) is 6.08 Å². The molecule has 31 heavy (non-hydrogen) atoms. The Hall–Kier alpha value is -4.19. The lowest BCUT2D eigenvalue weighted by Gasteiger charge is -2.18. The number of nitrogens with one attached hydrogen (secondary N) is 2. The fourth-order valence-electron chi connectivity index (χ4n) is 2.94. The van der Waals surface area contributed by atoms with Gasteiger partial charge in [-0.15, -0.1) is 0 Å². The molecule has 0 aliphatic heterocycles. The van der Waals surface area contributed by atoms with Crippen LogP contribution in [-0.4, -0.2) is 28.9 Å². The standard InChI is InChI=1S/C25H22N2O4/c28-23(16-11-18-7-3-1-4-8-18)27-22(17-19-9-5-2-6-10-19)24(29)26-21-14-12-20(13-15-21)25(30)31/h1-16,22H,17H2,(H,26,29)(H,27,28)(H,30,31). The fraction of sp³-hybridized carbons (Fsp3) is 0.0800. The Morgan fingerprint density at radius 2 is 1.45 bits per heavy atom. The van der Waals surface area contributed by atoms with E-state index in [1.165, 1.54) is 30.3 Å². The van der Waals surface area contributed by atoms with E-state index in [1.807, 2.05) is 60.7 Å². The van der Waals surface area contributed by atoms with E-state index in [2.05, 4.69) is 10.6 Å². The van der Waals surface area contributed by atoms with Crippen molar-refractivity contribution in [2.75, 3.05) is 5.32 Å². The lowest BCUT2D eigenvalue weighted by Crippen LogP contribution is -2.44. The van der Waals surface area contributed by atoms with Crippen LogP contribution in [0.1, 0.15) is 21.5 Å². The summed E-state index contributed by atoms with van der Waals surface area (Å²) in [5.41, 5.74) is 2.34.